The van der Waals surface area contributed by atoms with Crippen LogP contribution in [0.3, 0.4) is 0 Å². The minimum absolute atomic E-state index is 0.201. The van der Waals surface area contributed by atoms with Gasteiger partial charge in [-0.25, -0.2) is 4.39 Å². The maximum absolute atomic E-state index is 12.9. The summed E-state index contributed by atoms with van der Waals surface area (Å²) in [5, 5.41) is 4.43. The fourth-order valence-electron chi connectivity index (χ4n) is 4.14. The van der Waals surface area contributed by atoms with Crippen LogP contribution in [0, 0.1) is 17.7 Å². The Kier molecular flexibility index (Phi) is 3.91. The standard InChI is InChI=1S/C18H23FN4/c19-16-4-1-13(2-5-16)9-23-10-14(7-21-23)8-22-11-15-3-6-18(20)17(15)12-22/h1-2,4-5,7,10,15,17-18H,3,6,8-9,11-12,20H2. The first kappa shape index (κ1) is 14.8. The number of hydrogen-bond donors (Lipinski definition) is 1. The summed E-state index contributed by atoms with van der Waals surface area (Å²) in [6.45, 7) is 3.91. The molecule has 3 atom stereocenters. The molecule has 1 saturated carbocycles. The van der Waals surface area contributed by atoms with E-state index < -0.39 is 0 Å². The molecule has 2 aromatic rings. The van der Waals surface area contributed by atoms with Gasteiger partial charge >= 0.3 is 0 Å². The average molecular weight is 314 g/mol. The lowest BCUT2D eigenvalue weighted by Crippen LogP contribution is -2.30. The molecule has 2 aliphatic rings. The first-order valence-corrected chi connectivity index (χ1v) is 8.41. The van der Waals surface area contributed by atoms with Gasteiger partial charge in [-0.3, -0.25) is 9.58 Å². The Morgan fingerprint density at radius 1 is 1.09 bits per heavy atom. The van der Waals surface area contributed by atoms with E-state index in [0.29, 0.717) is 18.5 Å². The third-order valence-electron chi connectivity index (χ3n) is 5.34. The molecule has 1 aromatic carbocycles. The van der Waals surface area contributed by atoms with E-state index in [1.54, 1.807) is 12.1 Å². The van der Waals surface area contributed by atoms with Crippen molar-refractivity contribution in [3.63, 3.8) is 0 Å². The van der Waals surface area contributed by atoms with Crippen LogP contribution in [0.1, 0.15) is 24.0 Å². The van der Waals surface area contributed by atoms with Gasteiger partial charge in [0.25, 0.3) is 0 Å². The second kappa shape index (κ2) is 6.06. The second-order valence-corrected chi connectivity index (χ2v) is 7.03. The number of aromatic nitrogens is 2. The van der Waals surface area contributed by atoms with Crippen LogP contribution < -0.4 is 5.73 Å². The molecule has 23 heavy (non-hydrogen) atoms. The van der Waals surface area contributed by atoms with E-state index in [4.69, 9.17) is 5.73 Å². The van der Waals surface area contributed by atoms with Gasteiger partial charge in [0.05, 0.1) is 12.7 Å². The maximum Gasteiger partial charge on any atom is 0.123 e. The van der Waals surface area contributed by atoms with E-state index in [1.165, 1.54) is 37.1 Å². The van der Waals surface area contributed by atoms with Crippen molar-refractivity contribution in [1.29, 1.82) is 0 Å². The summed E-state index contributed by atoms with van der Waals surface area (Å²) in [5.74, 6) is 1.27. The third-order valence-corrected chi connectivity index (χ3v) is 5.34. The molecule has 3 unspecified atom stereocenters. The highest BCUT2D eigenvalue weighted by Crippen LogP contribution is 2.37. The Hall–Kier alpha value is -1.72. The zero-order valence-electron chi connectivity index (χ0n) is 13.2. The van der Waals surface area contributed by atoms with Crippen molar-refractivity contribution in [3.8, 4) is 0 Å². The van der Waals surface area contributed by atoms with Gasteiger partial charge in [0.15, 0.2) is 0 Å². The van der Waals surface area contributed by atoms with E-state index >= 15 is 0 Å². The molecule has 0 amide bonds. The van der Waals surface area contributed by atoms with Crippen molar-refractivity contribution in [2.75, 3.05) is 13.1 Å². The summed E-state index contributed by atoms with van der Waals surface area (Å²) >= 11 is 0. The van der Waals surface area contributed by atoms with E-state index in [2.05, 4.69) is 16.2 Å². The topological polar surface area (TPSA) is 47.1 Å². The Labute approximate surface area is 136 Å². The number of likely N-dealkylation sites (tertiary alicyclic amines) is 1. The van der Waals surface area contributed by atoms with Crippen LogP contribution >= 0.6 is 0 Å². The smallest absolute Gasteiger partial charge is 0.123 e. The average Bonchev–Trinajstić information content (AvgIpc) is 3.21. The summed E-state index contributed by atoms with van der Waals surface area (Å²) in [7, 11) is 0. The number of benzene rings is 1. The van der Waals surface area contributed by atoms with Crippen molar-refractivity contribution < 1.29 is 4.39 Å². The molecular formula is C18H23FN4. The molecule has 5 heteroatoms. The molecule has 1 aromatic heterocycles. The van der Waals surface area contributed by atoms with Crippen LogP contribution in [0.15, 0.2) is 36.7 Å². The zero-order valence-corrected chi connectivity index (χ0v) is 13.2. The first-order chi connectivity index (χ1) is 11.2. The molecule has 0 bridgehead atoms. The molecule has 2 fully saturated rings. The van der Waals surface area contributed by atoms with E-state index in [1.807, 2.05) is 10.9 Å². The summed E-state index contributed by atoms with van der Waals surface area (Å²) in [4.78, 5) is 2.51. The fourth-order valence-corrected chi connectivity index (χ4v) is 4.14. The summed E-state index contributed by atoms with van der Waals surface area (Å²) in [6, 6.07) is 6.99. The third kappa shape index (κ3) is 3.16. The summed E-state index contributed by atoms with van der Waals surface area (Å²) in [6.07, 6.45) is 6.51. The Morgan fingerprint density at radius 2 is 1.91 bits per heavy atom. The van der Waals surface area contributed by atoms with Gasteiger partial charge in [-0.2, -0.15) is 5.10 Å². The zero-order chi connectivity index (χ0) is 15.8. The minimum Gasteiger partial charge on any atom is -0.327 e. The highest BCUT2D eigenvalue weighted by Gasteiger charge is 2.40. The molecule has 122 valence electrons. The molecular weight excluding hydrogens is 291 g/mol. The Bertz CT molecular complexity index is 666. The number of halogens is 1. The Balaban J connectivity index is 1.36. The monoisotopic (exact) mass is 314 g/mol. The van der Waals surface area contributed by atoms with Crippen molar-refractivity contribution in [3.05, 3.63) is 53.6 Å². The summed E-state index contributed by atoms with van der Waals surface area (Å²) in [5.41, 5.74) is 8.50. The molecule has 1 aliphatic heterocycles. The van der Waals surface area contributed by atoms with Gasteiger partial charge in [-0.1, -0.05) is 12.1 Å². The number of rotatable bonds is 4. The largest absolute Gasteiger partial charge is 0.327 e. The summed E-state index contributed by atoms with van der Waals surface area (Å²) < 4.78 is 14.9. The fraction of sp³-hybridized carbons (Fsp3) is 0.500. The van der Waals surface area contributed by atoms with E-state index in [9.17, 15) is 4.39 Å². The van der Waals surface area contributed by atoms with Gasteiger partial charge in [0.1, 0.15) is 5.82 Å². The van der Waals surface area contributed by atoms with Gasteiger partial charge in [0.2, 0.25) is 0 Å². The van der Waals surface area contributed by atoms with Crippen LogP contribution in [0.25, 0.3) is 0 Å². The predicted octanol–water partition coefficient (Wildman–Crippen LogP) is 2.24. The molecule has 2 N–H and O–H groups in total. The van der Waals surface area contributed by atoms with E-state index in [-0.39, 0.29) is 5.82 Å². The number of nitrogens with zero attached hydrogens (tertiary/aromatic N) is 3. The molecule has 0 radical (unpaired) electrons. The molecule has 4 nitrogen and oxygen atoms in total. The van der Waals surface area contributed by atoms with E-state index in [0.717, 1.165) is 24.6 Å². The lowest BCUT2D eigenvalue weighted by molar-refractivity contribution is 0.298. The van der Waals surface area contributed by atoms with Crippen molar-refractivity contribution in [2.24, 2.45) is 17.6 Å². The number of nitrogens with two attached hydrogens (primary N) is 1. The van der Waals surface area contributed by atoms with Crippen molar-refractivity contribution in [2.45, 2.75) is 32.0 Å². The van der Waals surface area contributed by atoms with Crippen LogP contribution in [0.4, 0.5) is 4.39 Å². The maximum atomic E-state index is 12.9. The highest BCUT2D eigenvalue weighted by molar-refractivity contribution is 5.17. The van der Waals surface area contributed by atoms with Gasteiger partial charge in [-0.15, -0.1) is 0 Å². The van der Waals surface area contributed by atoms with Gasteiger partial charge in [-0.05, 0) is 42.4 Å². The number of fused-ring (bicyclic) bond motifs is 1. The first-order valence-electron chi connectivity index (χ1n) is 8.41. The van der Waals surface area contributed by atoms with Crippen LogP contribution in [0.2, 0.25) is 0 Å². The SMILES string of the molecule is NC1CCC2CN(Cc3cnn(Cc4ccc(F)cc4)c3)CC12. The second-order valence-electron chi connectivity index (χ2n) is 7.03. The molecule has 0 spiro atoms. The van der Waals surface area contributed by atoms with Gasteiger partial charge in [0, 0.05) is 37.4 Å². The van der Waals surface area contributed by atoms with Crippen LogP contribution in [0.5, 0.6) is 0 Å². The Morgan fingerprint density at radius 3 is 2.70 bits per heavy atom. The lowest BCUT2D eigenvalue weighted by atomic mass is 9.98. The van der Waals surface area contributed by atoms with Crippen molar-refractivity contribution >= 4 is 0 Å². The van der Waals surface area contributed by atoms with Crippen molar-refractivity contribution in [1.82, 2.24) is 14.7 Å². The lowest BCUT2D eigenvalue weighted by Gasteiger charge is -2.17. The highest BCUT2D eigenvalue weighted by atomic mass is 19.1. The normalized spacial score (nSPS) is 27.5. The minimum atomic E-state index is -0.201. The molecule has 2 heterocycles. The molecule has 1 saturated heterocycles. The van der Waals surface area contributed by atoms with Crippen LogP contribution in [-0.4, -0.2) is 33.8 Å². The van der Waals surface area contributed by atoms with Gasteiger partial charge < -0.3 is 5.73 Å². The number of hydrogen-bond acceptors (Lipinski definition) is 3. The quantitative estimate of drug-likeness (QED) is 0.941. The molecule has 1 aliphatic carbocycles. The predicted molar refractivity (Wildman–Crippen MR) is 87.2 cm³/mol. The van der Waals surface area contributed by atoms with Crippen LogP contribution in [-0.2, 0) is 13.1 Å². The molecule has 4 rings (SSSR count).